The van der Waals surface area contributed by atoms with Crippen molar-refractivity contribution in [2.75, 3.05) is 7.11 Å². The maximum absolute atomic E-state index is 13.5. The Morgan fingerprint density at radius 1 is 1.20 bits per heavy atom. The molecule has 1 aromatic rings. The molecule has 0 unspecified atom stereocenters. The molecule has 20 heavy (non-hydrogen) atoms. The molecular weight excluding hydrogens is 270 g/mol. The van der Waals surface area contributed by atoms with E-state index in [2.05, 4.69) is 15.6 Å². The van der Waals surface area contributed by atoms with E-state index in [0.29, 0.717) is 0 Å². The van der Waals surface area contributed by atoms with Crippen LogP contribution in [0.25, 0.3) is 0 Å². The van der Waals surface area contributed by atoms with E-state index in [0.717, 1.165) is 18.2 Å². The summed E-state index contributed by atoms with van der Waals surface area (Å²) in [7, 11) is 1.24. The Morgan fingerprint density at radius 2 is 1.75 bits per heavy atom. The van der Waals surface area contributed by atoms with Crippen molar-refractivity contribution in [1.29, 1.82) is 0 Å². The number of halogens is 2. The van der Waals surface area contributed by atoms with Crippen molar-refractivity contribution in [3.8, 4) is 0 Å². The first-order chi connectivity index (χ1) is 9.38. The van der Waals surface area contributed by atoms with Crippen molar-refractivity contribution >= 4 is 11.8 Å². The second-order valence-corrected chi connectivity index (χ2v) is 4.46. The fourth-order valence-corrected chi connectivity index (χ4v) is 1.63. The molecule has 0 aliphatic rings. The van der Waals surface area contributed by atoms with Crippen molar-refractivity contribution in [1.82, 2.24) is 10.8 Å². The molecule has 1 atom stereocenters. The van der Waals surface area contributed by atoms with Crippen LogP contribution in [0.2, 0.25) is 0 Å². The molecule has 0 aromatic heterocycles. The number of rotatable bonds is 5. The second kappa shape index (κ2) is 6.95. The number of hydrogen-bond acceptors (Lipinski definition) is 3. The lowest BCUT2D eigenvalue weighted by Gasteiger charge is -2.21. The first-order valence-corrected chi connectivity index (χ1v) is 5.96. The Kier molecular flexibility index (Phi) is 5.57. The summed E-state index contributed by atoms with van der Waals surface area (Å²) >= 11 is 0. The van der Waals surface area contributed by atoms with Crippen LogP contribution in [0.3, 0.4) is 0 Å². The first kappa shape index (κ1) is 16.0. The number of carbonyl (C=O) groups is 2. The Balaban J connectivity index is 2.94. The van der Waals surface area contributed by atoms with Gasteiger partial charge in [-0.15, -0.1) is 0 Å². The molecule has 0 heterocycles. The van der Waals surface area contributed by atoms with E-state index in [-0.39, 0.29) is 5.92 Å². The van der Waals surface area contributed by atoms with Gasteiger partial charge in [-0.25, -0.2) is 14.3 Å². The highest BCUT2D eigenvalue weighted by atomic mass is 19.1. The van der Waals surface area contributed by atoms with Crippen LogP contribution in [0.4, 0.5) is 8.78 Å². The summed E-state index contributed by atoms with van der Waals surface area (Å²) in [5.41, 5.74) is 1.35. The average Bonchev–Trinajstić information content (AvgIpc) is 2.35. The van der Waals surface area contributed by atoms with E-state index >= 15 is 0 Å². The van der Waals surface area contributed by atoms with Gasteiger partial charge in [0.2, 0.25) is 0 Å². The molecule has 0 saturated heterocycles. The molecule has 7 heteroatoms. The van der Waals surface area contributed by atoms with E-state index in [9.17, 15) is 18.4 Å². The minimum atomic E-state index is -0.995. The molecule has 2 amide bonds. The zero-order valence-electron chi connectivity index (χ0n) is 11.4. The Morgan fingerprint density at radius 3 is 2.20 bits per heavy atom. The van der Waals surface area contributed by atoms with Crippen LogP contribution >= 0.6 is 0 Å². The van der Waals surface area contributed by atoms with Gasteiger partial charge in [0.25, 0.3) is 11.8 Å². The van der Waals surface area contributed by atoms with E-state index < -0.39 is 35.1 Å². The highest BCUT2D eigenvalue weighted by Crippen LogP contribution is 2.13. The van der Waals surface area contributed by atoms with Crippen LogP contribution in [-0.2, 0) is 9.63 Å². The number of nitrogens with one attached hydrogen (secondary N) is 2. The van der Waals surface area contributed by atoms with Gasteiger partial charge in [-0.05, 0) is 18.1 Å². The molecule has 0 saturated carbocycles. The normalized spacial score (nSPS) is 12.1. The molecule has 2 N–H and O–H groups in total. The number of benzene rings is 1. The van der Waals surface area contributed by atoms with E-state index in [1.54, 1.807) is 13.8 Å². The van der Waals surface area contributed by atoms with Crippen LogP contribution < -0.4 is 10.8 Å². The fraction of sp³-hybridized carbons (Fsp3) is 0.385. The molecule has 1 rings (SSSR count). The second-order valence-electron chi connectivity index (χ2n) is 4.46. The minimum Gasteiger partial charge on any atom is -0.340 e. The van der Waals surface area contributed by atoms with Gasteiger partial charge >= 0.3 is 0 Å². The van der Waals surface area contributed by atoms with Crippen LogP contribution in [-0.4, -0.2) is 25.0 Å². The first-order valence-electron chi connectivity index (χ1n) is 5.96. The summed E-state index contributed by atoms with van der Waals surface area (Å²) in [6, 6.07) is 2.12. The van der Waals surface area contributed by atoms with Gasteiger partial charge in [0.1, 0.15) is 23.2 Å². The van der Waals surface area contributed by atoms with Gasteiger partial charge in [-0.2, -0.15) is 0 Å². The van der Waals surface area contributed by atoms with Crippen LogP contribution in [0, 0.1) is 17.6 Å². The maximum Gasteiger partial charge on any atom is 0.266 e. The molecule has 0 bridgehead atoms. The standard InChI is InChI=1S/C13H16F2N2O3/c1-7(2)11(13(19)17-20-3)16-12(18)10-8(14)5-4-6-9(10)15/h4-7,11H,1-3H3,(H,16,18)(H,17,19)/t11-/m0/s1. The van der Waals surface area contributed by atoms with Crippen LogP contribution in [0.5, 0.6) is 0 Å². The van der Waals surface area contributed by atoms with Crippen LogP contribution in [0.15, 0.2) is 18.2 Å². The number of carbonyl (C=O) groups excluding carboxylic acids is 2. The molecular formula is C13H16F2N2O3. The third-order valence-corrected chi connectivity index (χ3v) is 2.63. The molecule has 5 nitrogen and oxygen atoms in total. The monoisotopic (exact) mass is 286 g/mol. The van der Waals surface area contributed by atoms with Gasteiger partial charge in [0.05, 0.1) is 7.11 Å². The van der Waals surface area contributed by atoms with Gasteiger partial charge in [0, 0.05) is 0 Å². The minimum absolute atomic E-state index is 0.288. The predicted octanol–water partition coefficient (Wildman–Crippen LogP) is 1.40. The van der Waals surface area contributed by atoms with Gasteiger partial charge in [0.15, 0.2) is 0 Å². The zero-order chi connectivity index (χ0) is 15.3. The van der Waals surface area contributed by atoms with E-state index in [1.165, 1.54) is 7.11 Å². The van der Waals surface area contributed by atoms with Crippen LogP contribution in [0.1, 0.15) is 24.2 Å². The quantitative estimate of drug-likeness (QED) is 0.804. The summed E-state index contributed by atoms with van der Waals surface area (Å²) in [6.45, 7) is 3.36. The summed E-state index contributed by atoms with van der Waals surface area (Å²) in [6.07, 6.45) is 0. The zero-order valence-corrected chi connectivity index (χ0v) is 11.4. The van der Waals surface area contributed by atoms with Gasteiger partial charge in [-0.3, -0.25) is 14.4 Å². The van der Waals surface area contributed by atoms with Crippen molar-refractivity contribution in [2.24, 2.45) is 5.92 Å². The van der Waals surface area contributed by atoms with Gasteiger partial charge in [-0.1, -0.05) is 19.9 Å². The van der Waals surface area contributed by atoms with Crippen molar-refractivity contribution in [3.63, 3.8) is 0 Å². The number of hydroxylamine groups is 1. The maximum atomic E-state index is 13.5. The third-order valence-electron chi connectivity index (χ3n) is 2.63. The smallest absolute Gasteiger partial charge is 0.266 e. The predicted molar refractivity (Wildman–Crippen MR) is 67.6 cm³/mol. The Hall–Kier alpha value is -2.02. The molecule has 110 valence electrons. The largest absolute Gasteiger partial charge is 0.340 e. The Labute approximate surface area is 115 Å². The average molecular weight is 286 g/mol. The fourth-order valence-electron chi connectivity index (χ4n) is 1.63. The molecule has 0 aliphatic heterocycles. The lowest BCUT2D eigenvalue weighted by Crippen LogP contribution is -2.49. The van der Waals surface area contributed by atoms with E-state index in [1.807, 2.05) is 0 Å². The molecule has 0 radical (unpaired) electrons. The summed E-state index contributed by atoms with van der Waals surface area (Å²) < 4.78 is 27.0. The summed E-state index contributed by atoms with van der Waals surface area (Å²) in [5.74, 6) is -3.86. The topological polar surface area (TPSA) is 67.4 Å². The van der Waals surface area contributed by atoms with Crippen molar-refractivity contribution in [3.05, 3.63) is 35.4 Å². The molecule has 0 spiro atoms. The third kappa shape index (κ3) is 3.74. The lowest BCUT2D eigenvalue weighted by atomic mass is 10.0. The van der Waals surface area contributed by atoms with Crippen molar-refractivity contribution in [2.45, 2.75) is 19.9 Å². The Bertz CT molecular complexity index is 486. The number of amides is 2. The van der Waals surface area contributed by atoms with Crippen molar-refractivity contribution < 1.29 is 23.2 Å². The highest BCUT2D eigenvalue weighted by Gasteiger charge is 2.27. The summed E-state index contributed by atoms with van der Waals surface area (Å²) in [5, 5.41) is 2.29. The summed E-state index contributed by atoms with van der Waals surface area (Å²) in [4.78, 5) is 28.1. The number of hydrogen-bond donors (Lipinski definition) is 2. The lowest BCUT2D eigenvalue weighted by molar-refractivity contribution is -0.134. The highest BCUT2D eigenvalue weighted by molar-refractivity contribution is 5.97. The molecule has 0 fully saturated rings. The molecule has 0 aliphatic carbocycles. The SMILES string of the molecule is CONC(=O)[C@@H](NC(=O)c1c(F)cccc1F)C(C)C. The van der Waals surface area contributed by atoms with E-state index in [4.69, 9.17) is 0 Å². The van der Waals surface area contributed by atoms with Gasteiger partial charge < -0.3 is 5.32 Å². The molecule has 1 aromatic carbocycles.